The van der Waals surface area contributed by atoms with Crippen LogP contribution in [0.15, 0.2) is 53.5 Å². The normalized spacial score (nSPS) is 20.6. The second-order valence-corrected chi connectivity index (χ2v) is 7.64. The van der Waals surface area contributed by atoms with Gasteiger partial charge in [0, 0.05) is 29.9 Å². The number of ether oxygens (including phenoxy) is 2. The van der Waals surface area contributed by atoms with Crippen molar-refractivity contribution in [1.29, 1.82) is 0 Å². The van der Waals surface area contributed by atoms with Crippen molar-refractivity contribution >= 4 is 11.2 Å². The summed E-state index contributed by atoms with van der Waals surface area (Å²) in [4.78, 5) is 17.6. The first-order chi connectivity index (χ1) is 14.1. The Balaban J connectivity index is 1.55. The van der Waals surface area contributed by atoms with Crippen molar-refractivity contribution in [3.8, 4) is 22.8 Å². The van der Waals surface area contributed by atoms with Crippen LogP contribution in [0.1, 0.15) is 24.8 Å². The third kappa shape index (κ3) is 3.19. The molecule has 2 atom stereocenters. The van der Waals surface area contributed by atoms with Gasteiger partial charge in [-0.05, 0) is 60.7 Å². The smallest absolute Gasteiger partial charge is 0.258 e. The fourth-order valence-electron chi connectivity index (χ4n) is 4.37. The minimum atomic E-state index is -0.0980. The number of rotatable bonds is 4. The number of hydrogen-bond donors (Lipinski definition) is 1. The van der Waals surface area contributed by atoms with E-state index in [-0.39, 0.29) is 5.56 Å². The molecule has 2 aliphatic heterocycles. The minimum Gasteiger partial charge on any atom is -0.493 e. The van der Waals surface area contributed by atoms with E-state index in [0.717, 1.165) is 17.5 Å². The number of hydrogen-bond acceptors (Lipinski definition) is 5. The zero-order valence-electron chi connectivity index (χ0n) is 16.5. The highest BCUT2D eigenvalue weighted by molar-refractivity contribution is 5.70. The average molecular weight is 389 g/mol. The summed E-state index contributed by atoms with van der Waals surface area (Å²) in [5.41, 5.74) is 4.36. The molecule has 6 nitrogen and oxygen atoms in total. The molecule has 148 valence electrons. The van der Waals surface area contributed by atoms with Gasteiger partial charge in [0.25, 0.3) is 5.56 Å². The van der Waals surface area contributed by atoms with E-state index in [1.165, 1.54) is 18.4 Å². The molecule has 2 aromatic heterocycles. The molecule has 1 fully saturated rings. The molecule has 1 N–H and O–H groups in total. The molecule has 3 aromatic rings. The molecule has 0 saturated carbocycles. The monoisotopic (exact) mass is 389 g/mol. The Morgan fingerprint density at radius 3 is 2.66 bits per heavy atom. The molecule has 0 amide bonds. The highest BCUT2D eigenvalue weighted by atomic mass is 16.5. The fraction of sp³-hybridized carbons (Fsp3) is 0.304. The van der Waals surface area contributed by atoms with Gasteiger partial charge in [-0.1, -0.05) is 6.08 Å². The van der Waals surface area contributed by atoms with Crippen LogP contribution in [0.4, 0.5) is 0 Å². The number of fused-ring (bicyclic) bond motifs is 3. The number of aromatic nitrogens is 2. The van der Waals surface area contributed by atoms with Gasteiger partial charge in [0.1, 0.15) is 5.65 Å². The molecule has 6 heteroatoms. The first-order valence-corrected chi connectivity index (χ1v) is 9.87. The molecular formula is C23H23N3O3. The van der Waals surface area contributed by atoms with Gasteiger partial charge < -0.3 is 14.8 Å². The summed E-state index contributed by atoms with van der Waals surface area (Å²) in [6, 6.07) is 12.1. The number of nitrogens with one attached hydrogen (secondary N) is 1. The molecule has 29 heavy (non-hydrogen) atoms. The van der Waals surface area contributed by atoms with Crippen LogP contribution in [-0.4, -0.2) is 35.7 Å². The molecular weight excluding hydrogens is 366 g/mol. The standard InChI is InChI=1S/C23H23N3O3/c1-28-20-7-3-14(11-21(20)29-2)19-12-23(27)26-13-15(4-8-22(26)25-19)16-9-17-5-6-18(10-16)24-17/h3-4,7-9,11-13,17-18,24H,5-6,10H2,1-2H3/t17-,18+/m1/s1. The molecule has 4 heterocycles. The van der Waals surface area contributed by atoms with Gasteiger partial charge in [-0.25, -0.2) is 4.98 Å². The summed E-state index contributed by atoms with van der Waals surface area (Å²) < 4.78 is 12.3. The van der Waals surface area contributed by atoms with Crippen molar-refractivity contribution in [2.24, 2.45) is 0 Å². The molecule has 0 radical (unpaired) electrons. The van der Waals surface area contributed by atoms with Crippen LogP contribution in [0.2, 0.25) is 0 Å². The minimum absolute atomic E-state index is 0.0980. The average Bonchev–Trinajstić information content (AvgIpc) is 3.10. The Morgan fingerprint density at radius 1 is 1.03 bits per heavy atom. The van der Waals surface area contributed by atoms with Crippen molar-refractivity contribution in [3.63, 3.8) is 0 Å². The lowest BCUT2D eigenvalue weighted by molar-refractivity contribution is 0.355. The van der Waals surface area contributed by atoms with Crippen LogP contribution in [0, 0.1) is 0 Å². The second kappa shape index (κ2) is 7.04. The lowest BCUT2D eigenvalue weighted by Gasteiger charge is -2.21. The maximum Gasteiger partial charge on any atom is 0.258 e. The van der Waals surface area contributed by atoms with Crippen molar-refractivity contribution in [2.75, 3.05) is 14.2 Å². The van der Waals surface area contributed by atoms with Gasteiger partial charge in [0.15, 0.2) is 11.5 Å². The molecule has 1 aromatic carbocycles. The van der Waals surface area contributed by atoms with Crippen molar-refractivity contribution in [2.45, 2.75) is 31.3 Å². The van der Waals surface area contributed by atoms with Gasteiger partial charge >= 0.3 is 0 Å². The Morgan fingerprint density at radius 2 is 1.86 bits per heavy atom. The van der Waals surface area contributed by atoms with Gasteiger partial charge in [0.2, 0.25) is 0 Å². The summed E-state index contributed by atoms with van der Waals surface area (Å²) in [5.74, 6) is 1.25. The highest BCUT2D eigenvalue weighted by Crippen LogP contribution is 2.33. The molecule has 0 aliphatic carbocycles. The van der Waals surface area contributed by atoms with Gasteiger partial charge in [-0.15, -0.1) is 0 Å². The second-order valence-electron chi connectivity index (χ2n) is 7.64. The Labute approximate surface area is 168 Å². The molecule has 0 spiro atoms. The molecule has 2 aliphatic rings. The lowest BCUT2D eigenvalue weighted by atomic mass is 9.97. The number of nitrogens with zero attached hydrogens (tertiary/aromatic N) is 2. The largest absolute Gasteiger partial charge is 0.493 e. The van der Waals surface area contributed by atoms with E-state index in [0.29, 0.717) is 34.9 Å². The number of methoxy groups -OCH3 is 2. The molecule has 2 bridgehead atoms. The van der Waals surface area contributed by atoms with E-state index in [1.54, 1.807) is 24.7 Å². The van der Waals surface area contributed by atoms with E-state index >= 15 is 0 Å². The van der Waals surface area contributed by atoms with Crippen LogP contribution >= 0.6 is 0 Å². The Bertz CT molecular complexity index is 1180. The van der Waals surface area contributed by atoms with E-state index in [2.05, 4.69) is 17.5 Å². The Kier molecular flexibility index (Phi) is 4.36. The topological polar surface area (TPSA) is 64.9 Å². The van der Waals surface area contributed by atoms with Crippen molar-refractivity contribution in [1.82, 2.24) is 14.7 Å². The fourth-order valence-corrected chi connectivity index (χ4v) is 4.37. The number of benzene rings is 1. The van der Waals surface area contributed by atoms with Gasteiger partial charge in [0.05, 0.1) is 19.9 Å². The van der Waals surface area contributed by atoms with E-state index in [1.807, 2.05) is 30.5 Å². The molecule has 0 unspecified atom stereocenters. The van der Waals surface area contributed by atoms with Gasteiger partial charge in [-0.2, -0.15) is 0 Å². The zero-order chi connectivity index (χ0) is 20.0. The van der Waals surface area contributed by atoms with Crippen LogP contribution in [0.25, 0.3) is 22.5 Å². The van der Waals surface area contributed by atoms with Crippen LogP contribution in [-0.2, 0) is 0 Å². The van der Waals surface area contributed by atoms with E-state index in [4.69, 9.17) is 14.5 Å². The highest BCUT2D eigenvalue weighted by Gasteiger charge is 2.28. The maximum absolute atomic E-state index is 12.9. The quantitative estimate of drug-likeness (QED) is 0.742. The van der Waals surface area contributed by atoms with Crippen LogP contribution in [0.5, 0.6) is 11.5 Å². The third-order valence-corrected chi connectivity index (χ3v) is 5.85. The van der Waals surface area contributed by atoms with Crippen molar-refractivity contribution in [3.05, 3.63) is 64.6 Å². The first kappa shape index (κ1) is 17.9. The summed E-state index contributed by atoms with van der Waals surface area (Å²) in [5, 5.41) is 3.61. The van der Waals surface area contributed by atoms with Crippen molar-refractivity contribution < 1.29 is 9.47 Å². The van der Waals surface area contributed by atoms with E-state index < -0.39 is 0 Å². The molecule has 5 rings (SSSR count). The summed E-state index contributed by atoms with van der Waals surface area (Å²) in [6.07, 6.45) is 7.64. The zero-order valence-corrected chi connectivity index (χ0v) is 16.5. The SMILES string of the molecule is COc1ccc(-c2cc(=O)n3cc(C4=C[C@H]5CC[C@@H](C4)N5)ccc3n2)cc1OC. The summed E-state index contributed by atoms with van der Waals surface area (Å²) >= 11 is 0. The third-order valence-electron chi connectivity index (χ3n) is 5.85. The first-order valence-electron chi connectivity index (χ1n) is 9.87. The summed E-state index contributed by atoms with van der Waals surface area (Å²) in [6.45, 7) is 0. The predicted octanol–water partition coefficient (Wildman–Crippen LogP) is 3.29. The maximum atomic E-state index is 12.9. The van der Waals surface area contributed by atoms with Gasteiger partial charge in [-0.3, -0.25) is 9.20 Å². The van der Waals surface area contributed by atoms with E-state index in [9.17, 15) is 4.79 Å². The summed E-state index contributed by atoms with van der Waals surface area (Å²) in [7, 11) is 3.19. The Hall–Kier alpha value is -3.12. The van der Waals surface area contributed by atoms with Crippen LogP contribution in [0.3, 0.4) is 0 Å². The number of pyridine rings is 1. The molecule has 1 saturated heterocycles. The van der Waals surface area contributed by atoms with Crippen LogP contribution < -0.4 is 20.3 Å². The predicted molar refractivity (Wildman–Crippen MR) is 113 cm³/mol. The lowest BCUT2D eigenvalue weighted by Crippen LogP contribution is -2.32.